The van der Waals surface area contributed by atoms with Crippen LogP contribution in [0.5, 0.6) is 5.75 Å². The fraction of sp³-hybridized carbons (Fsp3) is 0.150. The van der Waals surface area contributed by atoms with Crippen LogP contribution in [0.4, 0.5) is 11.5 Å². The Kier molecular flexibility index (Phi) is 4.75. The van der Waals surface area contributed by atoms with Crippen LogP contribution in [0.1, 0.15) is 12.5 Å². The van der Waals surface area contributed by atoms with E-state index < -0.39 is 6.04 Å². The van der Waals surface area contributed by atoms with E-state index in [-0.39, 0.29) is 18.2 Å². The minimum atomic E-state index is -0.707. The van der Waals surface area contributed by atoms with Crippen molar-refractivity contribution >= 4 is 34.9 Å². The van der Waals surface area contributed by atoms with Crippen LogP contribution in [-0.2, 0) is 9.59 Å². The van der Waals surface area contributed by atoms with E-state index >= 15 is 0 Å². The second kappa shape index (κ2) is 7.36. The monoisotopic (exact) mass is 396 g/mol. The number of rotatable bonds is 5. The number of amides is 2. The van der Waals surface area contributed by atoms with Gasteiger partial charge in [-0.2, -0.15) is 5.10 Å². The second-order valence-electron chi connectivity index (χ2n) is 6.35. The fourth-order valence-corrected chi connectivity index (χ4v) is 3.34. The number of carbonyl (C=O) groups excluding carboxylic acids is 2. The lowest BCUT2D eigenvalue weighted by atomic mass is 10.1. The number of anilines is 2. The molecule has 7 nitrogen and oxygen atoms in total. The van der Waals surface area contributed by atoms with Crippen molar-refractivity contribution in [1.82, 2.24) is 9.78 Å². The second-order valence-corrected chi connectivity index (χ2v) is 6.78. The summed E-state index contributed by atoms with van der Waals surface area (Å²) in [6, 6.07) is 13.6. The van der Waals surface area contributed by atoms with Gasteiger partial charge in [-0.05, 0) is 35.9 Å². The van der Waals surface area contributed by atoms with Crippen LogP contribution in [-0.4, -0.2) is 28.7 Å². The molecular weight excluding hydrogens is 380 g/mol. The summed E-state index contributed by atoms with van der Waals surface area (Å²) in [5, 5.41) is 10.4. The van der Waals surface area contributed by atoms with Gasteiger partial charge in [-0.3, -0.25) is 9.59 Å². The predicted octanol–water partition coefficient (Wildman–Crippen LogP) is 3.73. The molecule has 0 spiro atoms. The number of methoxy groups -OCH3 is 1. The van der Waals surface area contributed by atoms with Crippen LogP contribution >= 0.6 is 11.6 Å². The quantitative estimate of drug-likeness (QED) is 0.688. The van der Waals surface area contributed by atoms with Crippen LogP contribution in [0, 0.1) is 0 Å². The van der Waals surface area contributed by atoms with Crippen LogP contribution in [0.2, 0.25) is 5.02 Å². The van der Waals surface area contributed by atoms with Crippen molar-refractivity contribution in [3.8, 4) is 16.9 Å². The normalized spacial score (nSPS) is 15.1. The maximum absolute atomic E-state index is 12.4. The average molecular weight is 397 g/mol. The first kappa shape index (κ1) is 18.1. The highest BCUT2D eigenvalue weighted by Crippen LogP contribution is 2.36. The SMILES string of the molecule is COc1ccc(-c2cnn3c2NC(=O)C3CC(=O)Nc2cccc(Cl)c2)cc1. The molecule has 0 bridgehead atoms. The summed E-state index contributed by atoms with van der Waals surface area (Å²) < 4.78 is 6.72. The molecule has 0 saturated carbocycles. The third kappa shape index (κ3) is 3.44. The standard InChI is InChI=1S/C20H17ClN4O3/c1-28-15-7-5-12(6-8-15)16-11-22-25-17(20(27)24-19(16)25)10-18(26)23-14-4-2-3-13(21)9-14/h2-9,11,17H,10H2,1H3,(H,23,26)(H,24,27). The Labute approximate surface area is 166 Å². The number of fused-ring (bicyclic) bond motifs is 1. The zero-order chi connectivity index (χ0) is 19.7. The number of nitrogens with zero attached hydrogens (tertiary/aromatic N) is 2. The number of hydrogen-bond donors (Lipinski definition) is 2. The maximum Gasteiger partial charge on any atom is 0.251 e. The topological polar surface area (TPSA) is 85.2 Å². The summed E-state index contributed by atoms with van der Waals surface area (Å²) in [4.78, 5) is 24.8. The Morgan fingerprint density at radius 2 is 2.07 bits per heavy atom. The lowest BCUT2D eigenvalue weighted by Gasteiger charge is -2.10. The number of ether oxygens (including phenoxy) is 1. The van der Waals surface area contributed by atoms with Crippen molar-refractivity contribution < 1.29 is 14.3 Å². The van der Waals surface area contributed by atoms with E-state index in [2.05, 4.69) is 15.7 Å². The molecule has 2 heterocycles. The van der Waals surface area contributed by atoms with E-state index in [0.29, 0.717) is 16.5 Å². The van der Waals surface area contributed by atoms with Crippen molar-refractivity contribution in [2.45, 2.75) is 12.5 Å². The van der Waals surface area contributed by atoms with Crippen LogP contribution < -0.4 is 15.4 Å². The summed E-state index contributed by atoms with van der Waals surface area (Å²) >= 11 is 5.93. The van der Waals surface area contributed by atoms with Gasteiger partial charge in [0.1, 0.15) is 17.6 Å². The molecule has 0 aliphatic carbocycles. The molecule has 0 radical (unpaired) electrons. The summed E-state index contributed by atoms with van der Waals surface area (Å²) in [6.07, 6.45) is 1.65. The van der Waals surface area contributed by atoms with E-state index in [1.807, 2.05) is 24.3 Å². The van der Waals surface area contributed by atoms with Gasteiger partial charge in [-0.15, -0.1) is 0 Å². The van der Waals surface area contributed by atoms with E-state index in [0.717, 1.165) is 16.9 Å². The number of halogens is 1. The van der Waals surface area contributed by atoms with Crippen molar-refractivity contribution in [3.63, 3.8) is 0 Å². The molecule has 1 aliphatic rings. The Bertz CT molecular complexity index is 1050. The van der Waals surface area contributed by atoms with E-state index in [1.54, 1.807) is 42.3 Å². The van der Waals surface area contributed by atoms with E-state index in [9.17, 15) is 9.59 Å². The van der Waals surface area contributed by atoms with Gasteiger partial charge in [0.05, 0.1) is 19.7 Å². The molecule has 2 amide bonds. The predicted molar refractivity (Wildman–Crippen MR) is 107 cm³/mol. The molecule has 3 aromatic rings. The Balaban J connectivity index is 1.53. The van der Waals surface area contributed by atoms with Gasteiger partial charge in [-0.1, -0.05) is 29.8 Å². The van der Waals surface area contributed by atoms with Crippen molar-refractivity contribution in [3.05, 3.63) is 59.8 Å². The first-order valence-electron chi connectivity index (χ1n) is 8.63. The van der Waals surface area contributed by atoms with Crippen LogP contribution in [0.25, 0.3) is 11.1 Å². The Morgan fingerprint density at radius 3 is 2.79 bits per heavy atom. The van der Waals surface area contributed by atoms with Gasteiger partial charge in [0, 0.05) is 16.3 Å². The van der Waals surface area contributed by atoms with Crippen molar-refractivity contribution in [1.29, 1.82) is 0 Å². The highest BCUT2D eigenvalue weighted by atomic mass is 35.5. The molecule has 1 aliphatic heterocycles. The molecule has 0 fully saturated rings. The molecule has 142 valence electrons. The van der Waals surface area contributed by atoms with Crippen LogP contribution in [0.15, 0.2) is 54.7 Å². The zero-order valence-corrected chi connectivity index (χ0v) is 15.7. The summed E-state index contributed by atoms with van der Waals surface area (Å²) in [7, 11) is 1.60. The Morgan fingerprint density at radius 1 is 1.29 bits per heavy atom. The van der Waals surface area contributed by atoms with Crippen LogP contribution in [0.3, 0.4) is 0 Å². The smallest absolute Gasteiger partial charge is 0.251 e. The molecule has 0 saturated heterocycles. The summed E-state index contributed by atoms with van der Waals surface area (Å²) in [5.41, 5.74) is 2.26. The summed E-state index contributed by atoms with van der Waals surface area (Å²) in [6.45, 7) is 0. The molecule has 28 heavy (non-hydrogen) atoms. The molecule has 2 aromatic carbocycles. The minimum absolute atomic E-state index is 0.0327. The highest BCUT2D eigenvalue weighted by Gasteiger charge is 2.35. The van der Waals surface area contributed by atoms with E-state index in [4.69, 9.17) is 16.3 Å². The number of benzene rings is 2. The third-order valence-electron chi connectivity index (χ3n) is 4.52. The fourth-order valence-electron chi connectivity index (χ4n) is 3.15. The number of carbonyl (C=O) groups is 2. The summed E-state index contributed by atoms with van der Waals surface area (Å²) in [5.74, 6) is 0.763. The molecule has 1 unspecified atom stereocenters. The molecule has 2 N–H and O–H groups in total. The first-order chi connectivity index (χ1) is 13.5. The zero-order valence-electron chi connectivity index (χ0n) is 15.0. The van der Waals surface area contributed by atoms with Gasteiger partial charge in [0.2, 0.25) is 5.91 Å². The molecule has 1 aromatic heterocycles. The number of hydrogen-bond acceptors (Lipinski definition) is 4. The van der Waals surface area contributed by atoms with Gasteiger partial charge in [0.15, 0.2) is 0 Å². The molecule has 8 heteroatoms. The van der Waals surface area contributed by atoms with Gasteiger partial charge in [-0.25, -0.2) is 4.68 Å². The van der Waals surface area contributed by atoms with Gasteiger partial charge < -0.3 is 15.4 Å². The van der Waals surface area contributed by atoms with Gasteiger partial charge >= 0.3 is 0 Å². The molecule has 1 atom stereocenters. The number of aromatic nitrogens is 2. The lowest BCUT2D eigenvalue weighted by molar-refractivity contribution is -0.123. The average Bonchev–Trinajstić information content (AvgIpc) is 3.21. The van der Waals surface area contributed by atoms with Gasteiger partial charge in [0.25, 0.3) is 5.91 Å². The lowest BCUT2D eigenvalue weighted by Crippen LogP contribution is -2.23. The highest BCUT2D eigenvalue weighted by molar-refractivity contribution is 6.30. The maximum atomic E-state index is 12.4. The van der Waals surface area contributed by atoms with Crippen molar-refractivity contribution in [2.75, 3.05) is 17.7 Å². The Hall–Kier alpha value is -3.32. The van der Waals surface area contributed by atoms with E-state index in [1.165, 1.54) is 0 Å². The number of nitrogens with one attached hydrogen (secondary N) is 2. The third-order valence-corrected chi connectivity index (χ3v) is 4.76. The molecule has 4 rings (SSSR count). The largest absolute Gasteiger partial charge is 0.497 e. The first-order valence-corrected chi connectivity index (χ1v) is 9.01. The minimum Gasteiger partial charge on any atom is -0.497 e. The van der Waals surface area contributed by atoms with Crippen molar-refractivity contribution in [2.24, 2.45) is 0 Å². The molecular formula is C20H17ClN4O3.